The van der Waals surface area contributed by atoms with Gasteiger partial charge in [0.15, 0.2) is 0 Å². The van der Waals surface area contributed by atoms with Crippen LogP contribution >= 0.6 is 0 Å². The Morgan fingerprint density at radius 3 is 0.836 bits per heavy atom. The predicted molar refractivity (Wildman–Crippen MR) is 310 cm³/mol. The molecule has 14 aromatic carbocycles. The molecular formula is C73H44. The summed E-state index contributed by atoms with van der Waals surface area (Å²) in [6.45, 7) is 0. The molecule has 1 spiro atoms. The molecule has 16 rings (SSSR count). The van der Waals surface area contributed by atoms with Gasteiger partial charge in [0.1, 0.15) is 0 Å². The molecule has 0 bridgehead atoms. The van der Waals surface area contributed by atoms with Gasteiger partial charge in [-0.25, -0.2) is 0 Å². The number of hydrogen-bond donors (Lipinski definition) is 0. The number of fused-ring (bicyclic) bond motifs is 16. The van der Waals surface area contributed by atoms with Crippen molar-refractivity contribution in [3.05, 3.63) is 289 Å². The van der Waals surface area contributed by atoms with Crippen LogP contribution in [0.25, 0.3) is 131 Å². The monoisotopic (exact) mass is 920 g/mol. The molecule has 0 radical (unpaired) electrons. The van der Waals surface area contributed by atoms with Crippen molar-refractivity contribution in [3.8, 4) is 66.8 Å². The Kier molecular flexibility index (Phi) is 8.47. The van der Waals surface area contributed by atoms with E-state index in [9.17, 15) is 0 Å². The lowest BCUT2D eigenvalue weighted by molar-refractivity contribution is 0.794. The lowest BCUT2D eigenvalue weighted by atomic mass is 9.69. The third-order valence-corrected chi connectivity index (χ3v) is 16.6. The molecule has 2 aliphatic carbocycles. The maximum Gasteiger partial charge on any atom is 0.0725 e. The Balaban J connectivity index is 0.972. The fraction of sp³-hybridized carbons (Fsp3) is 0.0137. The van der Waals surface area contributed by atoms with Crippen LogP contribution in [-0.2, 0) is 5.41 Å². The maximum atomic E-state index is 2.57. The molecule has 0 heteroatoms. The average Bonchev–Trinajstić information content (AvgIpc) is 3.93. The van der Waals surface area contributed by atoms with Crippen molar-refractivity contribution in [1.82, 2.24) is 0 Å². The van der Waals surface area contributed by atoms with Crippen molar-refractivity contribution in [3.63, 3.8) is 0 Å². The first-order valence-corrected chi connectivity index (χ1v) is 25.6. The zero-order valence-corrected chi connectivity index (χ0v) is 39.9. The molecule has 0 atom stereocenters. The summed E-state index contributed by atoms with van der Waals surface area (Å²) in [6, 6.07) is 101. The van der Waals surface area contributed by atoms with E-state index in [1.54, 1.807) is 0 Å². The quantitative estimate of drug-likeness (QED) is 0.154. The van der Waals surface area contributed by atoms with E-state index in [-0.39, 0.29) is 0 Å². The van der Waals surface area contributed by atoms with Gasteiger partial charge in [0, 0.05) is 0 Å². The fourth-order valence-corrected chi connectivity index (χ4v) is 13.8. The van der Waals surface area contributed by atoms with Crippen LogP contribution in [0, 0.1) is 0 Å². The van der Waals surface area contributed by atoms with Crippen molar-refractivity contribution in [2.75, 3.05) is 0 Å². The van der Waals surface area contributed by atoms with Crippen LogP contribution in [0.4, 0.5) is 0 Å². The fourth-order valence-electron chi connectivity index (χ4n) is 13.8. The highest BCUT2D eigenvalue weighted by Gasteiger charge is 2.52. The highest BCUT2D eigenvalue weighted by molar-refractivity contribution is 6.25. The number of benzene rings is 14. The second-order valence-electron chi connectivity index (χ2n) is 20.1. The summed E-state index contributed by atoms with van der Waals surface area (Å²) in [4.78, 5) is 0. The molecule has 0 saturated heterocycles. The minimum absolute atomic E-state index is 0.563. The van der Waals surface area contributed by atoms with Crippen LogP contribution in [0.5, 0.6) is 0 Å². The Hall–Kier alpha value is -9.36. The van der Waals surface area contributed by atoms with E-state index in [1.807, 2.05) is 0 Å². The summed E-state index contributed by atoms with van der Waals surface area (Å²) in [7, 11) is 0. The molecule has 14 aromatic rings. The van der Waals surface area contributed by atoms with E-state index in [4.69, 9.17) is 0 Å². The first-order valence-electron chi connectivity index (χ1n) is 25.6. The topological polar surface area (TPSA) is 0 Å². The van der Waals surface area contributed by atoms with Crippen LogP contribution in [0.3, 0.4) is 0 Å². The van der Waals surface area contributed by atoms with Gasteiger partial charge >= 0.3 is 0 Å². The molecule has 0 heterocycles. The summed E-state index contributed by atoms with van der Waals surface area (Å²) in [5.74, 6) is 0. The van der Waals surface area contributed by atoms with E-state index < -0.39 is 5.41 Å². The normalized spacial score (nSPS) is 13.0. The summed E-state index contributed by atoms with van der Waals surface area (Å²) in [5.41, 5.74) is 20.1. The molecule has 0 nitrogen and oxygen atoms in total. The molecule has 0 unspecified atom stereocenters. The second kappa shape index (κ2) is 15.3. The zero-order valence-electron chi connectivity index (χ0n) is 39.9. The van der Waals surface area contributed by atoms with Crippen molar-refractivity contribution in [2.45, 2.75) is 5.41 Å². The SMILES string of the molecule is c1ccc2c(c1)-c1ccc(-c3c4ccccc4c(-c4cccc5ccccc45)c4ccccc34)cc1C21c2ccccc2-c2ccc(-c3c4ccccc4c(-c4cccc5ccccc45)c4ccccc34)cc21. The van der Waals surface area contributed by atoms with Crippen LogP contribution in [0.15, 0.2) is 267 Å². The van der Waals surface area contributed by atoms with Crippen molar-refractivity contribution in [1.29, 1.82) is 0 Å². The number of hydrogen-bond acceptors (Lipinski definition) is 0. The second-order valence-corrected chi connectivity index (χ2v) is 20.1. The minimum atomic E-state index is -0.563. The third kappa shape index (κ3) is 5.50. The molecule has 0 fully saturated rings. The van der Waals surface area contributed by atoms with Crippen LogP contribution < -0.4 is 0 Å². The number of rotatable bonds is 4. The molecule has 0 aromatic heterocycles. The largest absolute Gasteiger partial charge is 0.0725 e. The molecule has 0 saturated carbocycles. The van der Waals surface area contributed by atoms with Gasteiger partial charge in [0.25, 0.3) is 0 Å². The Morgan fingerprint density at radius 2 is 0.452 bits per heavy atom. The summed E-state index contributed by atoms with van der Waals surface area (Å²) in [5, 5.41) is 15.1. The van der Waals surface area contributed by atoms with Gasteiger partial charge in [0.2, 0.25) is 0 Å². The van der Waals surface area contributed by atoms with E-state index in [2.05, 4.69) is 267 Å². The van der Waals surface area contributed by atoms with E-state index in [0.717, 1.165) is 0 Å². The van der Waals surface area contributed by atoms with Crippen molar-refractivity contribution >= 4 is 64.6 Å². The van der Waals surface area contributed by atoms with Crippen LogP contribution in [-0.4, -0.2) is 0 Å². The van der Waals surface area contributed by atoms with Crippen molar-refractivity contribution in [2.24, 2.45) is 0 Å². The van der Waals surface area contributed by atoms with Gasteiger partial charge in [0.05, 0.1) is 5.41 Å². The lowest BCUT2D eigenvalue weighted by Crippen LogP contribution is -2.26. The molecule has 73 heavy (non-hydrogen) atoms. The standard InChI is InChI=1S/C73H44/c1-3-23-49-45(19-1)21-17-35-55(49)71-61-31-9-5-27-57(61)69(58-28-6-10-32-62(58)71)47-39-41-53-51-25-13-15-37-65(51)73(67(53)43-47)66-38-16-14-26-52(66)54-42-40-48(44-68(54)73)70-59-29-7-11-33-63(59)72(64-34-12-8-30-60(64)70)56-36-18-22-46-20-2-4-24-50(46)56/h1-44H. The smallest absolute Gasteiger partial charge is 0.0619 e. The minimum Gasteiger partial charge on any atom is -0.0619 e. The van der Waals surface area contributed by atoms with Crippen molar-refractivity contribution < 1.29 is 0 Å². The van der Waals surface area contributed by atoms with Gasteiger partial charge < -0.3 is 0 Å². The van der Waals surface area contributed by atoms with Gasteiger partial charge in [-0.1, -0.05) is 255 Å². The van der Waals surface area contributed by atoms with Crippen LogP contribution in [0.2, 0.25) is 0 Å². The average molecular weight is 921 g/mol. The van der Waals surface area contributed by atoms with E-state index in [1.165, 1.54) is 154 Å². The molecule has 2 aliphatic rings. The Labute approximate surface area is 423 Å². The molecule has 0 aliphatic heterocycles. The van der Waals surface area contributed by atoms with E-state index in [0.29, 0.717) is 0 Å². The highest BCUT2D eigenvalue weighted by Crippen LogP contribution is 2.64. The Morgan fingerprint density at radius 1 is 0.178 bits per heavy atom. The van der Waals surface area contributed by atoms with Gasteiger partial charge in [-0.15, -0.1) is 0 Å². The predicted octanol–water partition coefficient (Wildman–Crippen LogP) is 19.6. The molecular weight excluding hydrogens is 877 g/mol. The third-order valence-electron chi connectivity index (χ3n) is 16.6. The molecule has 0 N–H and O–H groups in total. The summed E-state index contributed by atoms with van der Waals surface area (Å²) >= 11 is 0. The molecule has 336 valence electrons. The first kappa shape index (κ1) is 40.4. The zero-order chi connectivity index (χ0) is 47.8. The van der Waals surface area contributed by atoms with Gasteiger partial charge in [-0.05, 0) is 166 Å². The van der Waals surface area contributed by atoms with Crippen LogP contribution in [0.1, 0.15) is 22.3 Å². The summed E-state index contributed by atoms with van der Waals surface area (Å²) in [6.07, 6.45) is 0. The summed E-state index contributed by atoms with van der Waals surface area (Å²) < 4.78 is 0. The Bertz CT molecular complexity index is 4260. The van der Waals surface area contributed by atoms with E-state index >= 15 is 0 Å². The lowest BCUT2D eigenvalue weighted by Gasteiger charge is -2.31. The van der Waals surface area contributed by atoms with Gasteiger partial charge in [-0.3, -0.25) is 0 Å². The van der Waals surface area contributed by atoms with Gasteiger partial charge in [-0.2, -0.15) is 0 Å². The highest BCUT2D eigenvalue weighted by atomic mass is 14.5. The molecule has 0 amide bonds. The maximum absolute atomic E-state index is 2.57. The first-order chi connectivity index (χ1) is 36.3.